The third kappa shape index (κ3) is 5.41. The van der Waals surface area contributed by atoms with Crippen LogP contribution in [0.4, 0.5) is 4.79 Å². The standard InChI is InChI=1S/C18H28O3/c1-4-7-8-9-10-11-14-12-13-17(21-18(19)20)16(6-3)15(14)5-2/h12-13H,4-11H2,1-3H3,(H,19,20). The van der Waals surface area contributed by atoms with Crippen molar-refractivity contribution in [2.75, 3.05) is 0 Å². The predicted molar refractivity (Wildman–Crippen MR) is 86.3 cm³/mol. The maximum atomic E-state index is 10.8. The molecular weight excluding hydrogens is 264 g/mol. The van der Waals surface area contributed by atoms with E-state index in [4.69, 9.17) is 9.84 Å². The molecule has 1 rings (SSSR count). The Morgan fingerprint density at radius 1 is 1.00 bits per heavy atom. The Morgan fingerprint density at radius 3 is 2.24 bits per heavy atom. The van der Waals surface area contributed by atoms with E-state index in [-0.39, 0.29) is 0 Å². The second-order valence-electron chi connectivity index (χ2n) is 5.42. The van der Waals surface area contributed by atoms with E-state index in [2.05, 4.69) is 13.8 Å². The molecule has 1 aromatic carbocycles. The Morgan fingerprint density at radius 2 is 1.67 bits per heavy atom. The molecular formula is C18H28O3. The Labute approximate surface area is 128 Å². The van der Waals surface area contributed by atoms with Crippen molar-refractivity contribution >= 4 is 6.16 Å². The van der Waals surface area contributed by atoms with Crippen LogP contribution < -0.4 is 4.74 Å². The number of hydrogen-bond donors (Lipinski definition) is 1. The van der Waals surface area contributed by atoms with E-state index in [0.717, 1.165) is 24.8 Å². The van der Waals surface area contributed by atoms with Crippen LogP contribution >= 0.6 is 0 Å². The van der Waals surface area contributed by atoms with Gasteiger partial charge in [0.15, 0.2) is 0 Å². The third-order valence-electron chi connectivity index (χ3n) is 3.94. The zero-order valence-electron chi connectivity index (χ0n) is 13.6. The summed E-state index contributed by atoms with van der Waals surface area (Å²) in [5.41, 5.74) is 3.67. The zero-order valence-corrected chi connectivity index (χ0v) is 13.6. The molecule has 0 amide bonds. The van der Waals surface area contributed by atoms with Gasteiger partial charge in [-0.2, -0.15) is 0 Å². The number of hydrogen-bond acceptors (Lipinski definition) is 2. The maximum Gasteiger partial charge on any atom is 0.511 e. The highest BCUT2D eigenvalue weighted by molar-refractivity contribution is 5.63. The Hall–Kier alpha value is -1.51. The quantitative estimate of drug-likeness (QED) is 0.377. The summed E-state index contributed by atoms with van der Waals surface area (Å²) < 4.78 is 4.91. The lowest BCUT2D eigenvalue weighted by molar-refractivity contribution is 0.144. The van der Waals surface area contributed by atoms with Gasteiger partial charge in [0, 0.05) is 0 Å². The molecule has 0 bridgehead atoms. The maximum absolute atomic E-state index is 10.8. The van der Waals surface area contributed by atoms with Crippen molar-refractivity contribution in [1.82, 2.24) is 0 Å². The van der Waals surface area contributed by atoms with Crippen LogP contribution in [-0.4, -0.2) is 11.3 Å². The molecule has 21 heavy (non-hydrogen) atoms. The Bertz CT molecular complexity index is 452. The molecule has 0 fully saturated rings. The molecule has 1 aromatic rings. The Balaban J connectivity index is 2.82. The van der Waals surface area contributed by atoms with E-state index in [9.17, 15) is 4.79 Å². The summed E-state index contributed by atoms with van der Waals surface area (Å²) >= 11 is 0. The third-order valence-corrected chi connectivity index (χ3v) is 3.94. The molecule has 3 heteroatoms. The monoisotopic (exact) mass is 292 g/mol. The van der Waals surface area contributed by atoms with Crippen molar-refractivity contribution in [3.05, 3.63) is 28.8 Å². The lowest BCUT2D eigenvalue weighted by Gasteiger charge is -2.16. The number of rotatable bonds is 9. The average Bonchev–Trinajstić information content (AvgIpc) is 2.46. The number of unbranched alkanes of at least 4 members (excludes halogenated alkanes) is 4. The van der Waals surface area contributed by atoms with Gasteiger partial charge in [-0.1, -0.05) is 52.5 Å². The van der Waals surface area contributed by atoms with E-state index in [1.54, 1.807) is 0 Å². The van der Waals surface area contributed by atoms with Crippen LogP contribution in [0.1, 0.15) is 69.6 Å². The van der Waals surface area contributed by atoms with Crippen molar-refractivity contribution < 1.29 is 14.6 Å². The summed E-state index contributed by atoms with van der Waals surface area (Å²) in [4.78, 5) is 10.8. The largest absolute Gasteiger partial charge is 0.511 e. The van der Waals surface area contributed by atoms with Gasteiger partial charge in [0.05, 0.1) is 0 Å². The van der Waals surface area contributed by atoms with Crippen molar-refractivity contribution in [3.63, 3.8) is 0 Å². The molecule has 0 spiro atoms. The van der Waals surface area contributed by atoms with E-state index < -0.39 is 6.16 Å². The highest BCUT2D eigenvalue weighted by Crippen LogP contribution is 2.28. The number of aryl methyl sites for hydroxylation is 1. The summed E-state index contributed by atoms with van der Waals surface area (Å²) in [7, 11) is 0. The van der Waals surface area contributed by atoms with Crippen LogP contribution in [0.25, 0.3) is 0 Å². The lowest BCUT2D eigenvalue weighted by Crippen LogP contribution is -2.08. The Kier molecular flexibility index (Phi) is 7.88. The van der Waals surface area contributed by atoms with Gasteiger partial charge in [-0.3, -0.25) is 0 Å². The molecule has 0 aliphatic carbocycles. The molecule has 0 aliphatic heterocycles. The summed E-state index contributed by atoms with van der Waals surface area (Å²) in [6.07, 6.45) is 7.92. The molecule has 0 unspecified atom stereocenters. The first-order valence-corrected chi connectivity index (χ1v) is 8.18. The highest BCUT2D eigenvalue weighted by atomic mass is 16.7. The van der Waals surface area contributed by atoms with Crippen LogP contribution in [-0.2, 0) is 19.3 Å². The van der Waals surface area contributed by atoms with Gasteiger partial charge in [0.1, 0.15) is 5.75 Å². The van der Waals surface area contributed by atoms with Crippen molar-refractivity contribution in [2.24, 2.45) is 0 Å². The molecule has 118 valence electrons. The number of carboxylic acid groups (broad SMARTS) is 1. The van der Waals surface area contributed by atoms with Gasteiger partial charge < -0.3 is 9.84 Å². The fourth-order valence-corrected chi connectivity index (χ4v) is 2.89. The van der Waals surface area contributed by atoms with E-state index in [1.807, 2.05) is 19.1 Å². The SMILES string of the molecule is CCCCCCCc1ccc(OC(=O)O)c(CC)c1CC. The second kappa shape index (κ2) is 9.43. The minimum Gasteiger partial charge on any atom is -0.449 e. The molecule has 0 aliphatic rings. The van der Waals surface area contributed by atoms with Gasteiger partial charge in [-0.15, -0.1) is 0 Å². The topological polar surface area (TPSA) is 46.5 Å². The van der Waals surface area contributed by atoms with E-state index in [0.29, 0.717) is 5.75 Å². The smallest absolute Gasteiger partial charge is 0.449 e. The lowest BCUT2D eigenvalue weighted by atomic mass is 9.93. The van der Waals surface area contributed by atoms with Gasteiger partial charge in [0.25, 0.3) is 0 Å². The second-order valence-corrected chi connectivity index (χ2v) is 5.42. The van der Waals surface area contributed by atoms with Crippen LogP contribution in [0.3, 0.4) is 0 Å². The van der Waals surface area contributed by atoms with Crippen molar-refractivity contribution in [3.8, 4) is 5.75 Å². The minimum absolute atomic E-state index is 0.497. The fraction of sp³-hybridized carbons (Fsp3) is 0.611. The minimum atomic E-state index is -1.24. The first kappa shape index (κ1) is 17.5. The predicted octanol–water partition coefficient (Wildman–Crippen LogP) is 5.38. The number of carbonyl (C=O) groups is 1. The van der Waals surface area contributed by atoms with Crippen LogP contribution in [0.2, 0.25) is 0 Å². The molecule has 3 nitrogen and oxygen atoms in total. The van der Waals surface area contributed by atoms with Gasteiger partial charge in [-0.25, -0.2) is 4.79 Å². The van der Waals surface area contributed by atoms with Gasteiger partial charge in [-0.05, 0) is 48.4 Å². The molecule has 0 saturated carbocycles. The number of benzene rings is 1. The summed E-state index contributed by atoms with van der Waals surface area (Å²) in [5.74, 6) is 0.497. The van der Waals surface area contributed by atoms with Gasteiger partial charge in [0.2, 0.25) is 0 Å². The number of ether oxygens (including phenoxy) is 1. The van der Waals surface area contributed by atoms with Gasteiger partial charge >= 0.3 is 6.16 Å². The average molecular weight is 292 g/mol. The van der Waals surface area contributed by atoms with Crippen molar-refractivity contribution in [1.29, 1.82) is 0 Å². The van der Waals surface area contributed by atoms with E-state index >= 15 is 0 Å². The van der Waals surface area contributed by atoms with Crippen LogP contribution in [0.15, 0.2) is 12.1 Å². The molecule has 0 saturated heterocycles. The normalized spacial score (nSPS) is 10.6. The summed E-state index contributed by atoms with van der Waals surface area (Å²) in [5, 5.41) is 8.82. The zero-order chi connectivity index (χ0) is 15.7. The molecule has 0 aromatic heterocycles. The molecule has 0 radical (unpaired) electrons. The molecule has 0 atom stereocenters. The molecule has 1 N–H and O–H groups in total. The van der Waals surface area contributed by atoms with Crippen LogP contribution in [0, 0.1) is 0 Å². The summed E-state index contributed by atoms with van der Waals surface area (Å²) in [6.45, 7) is 6.40. The van der Waals surface area contributed by atoms with Crippen LogP contribution in [0.5, 0.6) is 5.75 Å². The van der Waals surface area contributed by atoms with Crippen molar-refractivity contribution in [2.45, 2.75) is 72.1 Å². The first-order chi connectivity index (χ1) is 10.1. The molecule has 0 heterocycles. The first-order valence-electron chi connectivity index (χ1n) is 8.18. The summed E-state index contributed by atoms with van der Waals surface area (Å²) in [6, 6.07) is 3.85. The highest BCUT2D eigenvalue weighted by Gasteiger charge is 2.13. The fourth-order valence-electron chi connectivity index (χ4n) is 2.89. The van der Waals surface area contributed by atoms with E-state index in [1.165, 1.54) is 43.2 Å².